The van der Waals surface area contributed by atoms with E-state index in [2.05, 4.69) is 10.6 Å². The third kappa shape index (κ3) is 3.10. The normalized spacial score (nSPS) is 19.8. The maximum Gasteiger partial charge on any atom is 0.325 e. The van der Waals surface area contributed by atoms with Gasteiger partial charge in [0.05, 0.1) is 6.26 Å². The molecule has 1 atom stereocenters. The van der Waals surface area contributed by atoms with Gasteiger partial charge in [0, 0.05) is 12.1 Å². The second kappa shape index (κ2) is 6.39. The molecular weight excluding hydrogens is 329 g/mol. The first kappa shape index (κ1) is 16.7. The smallest absolute Gasteiger partial charge is 0.325 e. The fourth-order valence-corrected chi connectivity index (χ4v) is 2.61. The van der Waals surface area contributed by atoms with Crippen LogP contribution in [0.3, 0.4) is 0 Å². The zero-order valence-electron chi connectivity index (χ0n) is 13.4. The van der Waals surface area contributed by atoms with Crippen LogP contribution in [0.2, 0.25) is 0 Å². The van der Waals surface area contributed by atoms with Gasteiger partial charge in [-0.15, -0.1) is 0 Å². The Kier molecular flexibility index (Phi) is 4.26. The Morgan fingerprint density at radius 1 is 1.28 bits per heavy atom. The van der Waals surface area contributed by atoms with Crippen molar-refractivity contribution in [1.29, 1.82) is 0 Å². The summed E-state index contributed by atoms with van der Waals surface area (Å²) in [6.45, 7) is 1.00. The number of urea groups is 1. The van der Waals surface area contributed by atoms with Crippen molar-refractivity contribution in [3.63, 3.8) is 0 Å². The van der Waals surface area contributed by atoms with Crippen molar-refractivity contribution in [2.75, 3.05) is 6.54 Å². The fraction of sp³-hybridized carbons (Fsp3) is 0.235. The Hall–Kier alpha value is -3.16. The van der Waals surface area contributed by atoms with E-state index >= 15 is 0 Å². The average molecular weight is 345 g/mol. The Balaban J connectivity index is 1.64. The lowest BCUT2D eigenvalue weighted by molar-refractivity contribution is -0.135. The Bertz CT molecular complexity index is 821. The van der Waals surface area contributed by atoms with Gasteiger partial charge >= 0.3 is 6.03 Å². The van der Waals surface area contributed by atoms with Gasteiger partial charge in [0.25, 0.3) is 5.91 Å². The van der Waals surface area contributed by atoms with Crippen LogP contribution in [0.4, 0.5) is 9.18 Å². The van der Waals surface area contributed by atoms with Crippen molar-refractivity contribution in [1.82, 2.24) is 15.5 Å². The predicted octanol–water partition coefficient (Wildman–Crippen LogP) is 1.50. The first-order chi connectivity index (χ1) is 11.9. The Morgan fingerprint density at radius 3 is 2.72 bits per heavy atom. The molecule has 0 saturated carbocycles. The number of amides is 4. The molecule has 8 heteroatoms. The number of halogens is 1. The molecule has 0 unspecified atom stereocenters. The molecule has 1 fully saturated rings. The SMILES string of the molecule is C[C@@]1(c2ccco2)NC(=O)N(CC(=O)NCc2ccccc2F)C1=O. The van der Waals surface area contributed by atoms with Crippen LogP contribution in [0.15, 0.2) is 47.1 Å². The quantitative estimate of drug-likeness (QED) is 0.804. The van der Waals surface area contributed by atoms with E-state index < -0.39 is 35.7 Å². The summed E-state index contributed by atoms with van der Waals surface area (Å²) < 4.78 is 18.7. The van der Waals surface area contributed by atoms with Gasteiger partial charge in [-0.05, 0) is 25.1 Å². The van der Waals surface area contributed by atoms with Crippen LogP contribution in [-0.4, -0.2) is 29.3 Å². The maximum absolute atomic E-state index is 13.5. The number of furan rings is 1. The van der Waals surface area contributed by atoms with Gasteiger partial charge < -0.3 is 15.1 Å². The number of nitrogens with zero attached hydrogens (tertiary/aromatic N) is 1. The van der Waals surface area contributed by atoms with E-state index in [0.29, 0.717) is 5.56 Å². The van der Waals surface area contributed by atoms with Gasteiger partial charge in [-0.25, -0.2) is 9.18 Å². The van der Waals surface area contributed by atoms with E-state index in [-0.39, 0.29) is 12.3 Å². The van der Waals surface area contributed by atoms with E-state index in [9.17, 15) is 18.8 Å². The fourth-order valence-electron chi connectivity index (χ4n) is 2.61. The van der Waals surface area contributed by atoms with Gasteiger partial charge in [0.2, 0.25) is 5.91 Å². The molecule has 1 aliphatic rings. The molecule has 0 bridgehead atoms. The third-order valence-corrected chi connectivity index (χ3v) is 4.02. The van der Waals surface area contributed by atoms with Gasteiger partial charge in [0.15, 0.2) is 5.54 Å². The minimum absolute atomic E-state index is 0.0371. The highest BCUT2D eigenvalue weighted by Gasteiger charge is 2.51. The summed E-state index contributed by atoms with van der Waals surface area (Å²) in [4.78, 5) is 37.5. The monoisotopic (exact) mass is 345 g/mol. The lowest BCUT2D eigenvalue weighted by Crippen LogP contribution is -2.43. The van der Waals surface area contributed by atoms with E-state index in [1.54, 1.807) is 24.3 Å². The van der Waals surface area contributed by atoms with Crippen LogP contribution in [-0.2, 0) is 21.7 Å². The highest BCUT2D eigenvalue weighted by atomic mass is 19.1. The summed E-state index contributed by atoms with van der Waals surface area (Å²) >= 11 is 0. The van der Waals surface area contributed by atoms with Crippen LogP contribution in [0, 0.1) is 5.82 Å². The van der Waals surface area contributed by atoms with Crippen molar-refractivity contribution in [2.45, 2.75) is 19.0 Å². The van der Waals surface area contributed by atoms with Crippen molar-refractivity contribution in [3.05, 3.63) is 59.8 Å². The highest BCUT2D eigenvalue weighted by Crippen LogP contribution is 2.28. The van der Waals surface area contributed by atoms with Gasteiger partial charge in [-0.1, -0.05) is 18.2 Å². The minimum Gasteiger partial charge on any atom is -0.466 e. The molecule has 7 nitrogen and oxygen atoms in total. The van der Waals surface area contributed by atoms with Crippen molar-refractivity contribution in [2.24, 2.45) is 0 Å². The van der Waals surface area contributed by atoms with E-state index in [4.69, 9.17) is 4.42 Å². The second-order valence-corrected chi connectivity index (χ2v) is 5.79. The average Bonchev–Trinajstić information content (AvgIpc) is 3.19. The molecule has 2 N–H and O–H groups in total. The maximum atomic E-state index is 13.5. The summed E-state index contributed by atoms with van der Waals surface area (Å²) in [7, 11) is 0. The molecule has 4 amide bonds. The molecule has 2 heterocycles. The van der Waals surface area contributed by atoms with Crippen LogP contribution >= 0.6 is 0 Å². The number of nitrogens with one attached hydrogen (secondary N) is 2. The van der Waals surface area contributed by atoms with Crippen LogP contribution in [0.1, 0.15) is 18.2 Å². The van der Waals surface area contributed by atoms with Crippen molar-refractivity contribution in [3.8, 4) is 0 Å². The summed E-state index contributed by atoms with van der Waals surface area (Å²) in [5, 5.41) is 5.02. The van der Waals surface area contributed by atoms with Gasteiger partial charge in [-0.3, -0.25) is 14.5 Å². The zero-order chi connectivity index (χ0) is 18.0. The van der Waals surface area contributed by atoms with Crippen LogP contribution in [0.25, 0.3) is 0 Å². The standard InChI is InChI=1S/C17H16FN3O4/c1-17(13-7-4-8-25-13)15(23)21(16(24)20-17)10-14(22)19-9-11-5-2-3-6-12(11)18/h2-8H,9-10H2,1H3,(H,19,22)(H,20,24)/t17-/m0/s1. The topological polar surface area (TPSA) is 91.7 Å². The van der Waals surface area contributed by atoms with E-state index in [1.165, 1.54) is 25.3 Å². The van der Waals surface area contributed by atoms with Gasteiger partial charge in [0.1, 0.15) is 18.1 Å². The minimum atomic E-state index is -1.35. The van der Waals surface area contributed by atoms with E-state index in [1.807, 2.05) is 0 Å². The second-order valence-electron chi connectivity index (χ2n) is 5.79. The number of rotatable bonds is 5. The first-order valence-electron chi connectivity index (χ1n) is 7.60. The third-order valence-electron chi connectivity index (χ3n) is 4.02. The molecule has 0 radical (unpaired) electrons. The van der Waals surface area contributed by atoms with E-state index in [0.717, 1.165) is 4.90 Å². The lowest BCUT2D eigenvalue weighted by Gasteiger charge is -2.18. The number of imide groups is 1. The predicted molar refractivity (Wildman–Crippen MR) is 84.6 cm³/mol. The van der Waals surface area contributed by atoms with Gasteiger partial charge in [-0.2, -0.15) is 0 Å². The summed E-state index contributed by atoms with van der Waals surface area (Å²) in [5.41, 5.74) is -1.04. The Morgan fingerprint density at radius 2 is 2.04 bits per heavy atom. The number of hydrogen-bond acceptors (Lipinski definition) is 4. The molecule has 1 aliphatic heterocycles. The van der Waals surface area contributed by atoms with Crippen LogP contribution in [0.5, 0.6) is 0 Å². The lowest BCUT2D eigenvalue weighted by atomic mass is 9.99. The molecule has 25 heavy (non-hydrogen) atoms. The number of carbonyl (C=O) groups excluding carboxylic acids is 3. The molecule has 2 aromatic rings. The molecule has 1 aromatic heterocycles. The Labute approximate surface area is 142 Å². The van der Waals surface area contributed by atoms with Crippen molar-refractivity contribution < 1.29 is 23.2 Å². The number of carbonyl (C=O) groups is 3. The molecule has 130 valence electrons. The summed E-state index contributed by atoms with van der Waals surface area (Å²) in [6, 6.07) is 8.50. The highest BCUT2D eigenvalue weighted by molar-refractivity contribution is 6.08. The first-order valence-corrected chi connectivity index (χ1v) is 7.60. The number of benzene rings is 1. The molecule has 0 aliphatic carbocycles. The number of hydrogen-bond donors (Lipinski definition) is 2. The zero-order valence-corrected chi connectivity index (χ0v) is 13.4. The summed E-state index contributed by atoms with van der Waals surface area (Å²) in [5.74, 6) is -1.33. The molecule has 0 spiro atoms. The molecule has 1 saturated heterocycles. The van der Waals surface area contributed by atoms with Crippen molar-refractivity contribution >= 4 is 17.8 Å². The largest absolute Gasteiger partial charge is 0.466 e. The van der Waals surface area contributed by atoms with Crippen LogP contribution < -0.4 is 10.6 Å². The summed E-state index contributed by atoms with van der Waals surface area (Å²) in [6.07, 6.45) is 1.39. The molecular formula is C17H16FN3O4. The molecule has 1 aromatic carbocycles. The molecule has 3 rings (SSSR count).